The SMILES string of the molecule is O=C(c1ccc(S(=O)(=O)NC[C@@H]2CCCO2)cc1)N1CCC[C@H](c2nc3ccccc3s2)C1. The molecule has 2 aromatic carbocycles. The minimum absolute atomic E-state index is 0.0666. The molecule has 2 aliphatic heterocycles. The maximum atomic E-state index is 13.1. The van der Waals surface area contributed by atoms with Crippen LogP contribution in [0.1, 0.15) is 47.0 Å². The third kappa shape index (κ3) is 4.96. The van der Waals surface area contributed by atoms with E-state index >= 15 is 0 Å². The fourth-order valence-electron chi connectivity index (χ4n) is 4.48. The number of nitrogens with zero attached hydrogens (tertiary/aromatic N) is 2. The summed E-state index contributed by atoms with van der Waals surface area (Å²) in [7, 11) is -3.63. The highest BCUT2D eigenvalue weighted by atomic mass is 32.2. The van der Waals surface area contributed by atoms with Crippen molar-refractivity contribution in [1.82, 2.24) is 14.6 Å². The highest BCUT2D eigenvalue weighted by Crippen LogP contribution is 2.33. The van der Waals surface area contributed by atoms with E-state index in [9.17, 15) is 13.2 Å². The fourth-order valence-corrected chi connectivity index (χ4v) is 6.64. The molecule has 33 heavy (non-hydrogen) atoms. The van der Waals surface area contributed by atoms with Gasteiger partial charge in [-0.25, -0.2) is 18.1 Å². The molecule has 7 nitrogen and oxygen atoms in total. The normalized spacial score (nSPS) is 21.5. The molecule has 1 aromatic heterocycles. The molecule has 2 aliphatic rings. The number of benzene rings is 2. The van der Waals surface area contributed by atoms with Crippen molar-refractivity contribution in [3.63, 3.8) is 0 Å². The third-order valence-electron chi connectivity index (χ3n) is 6.30. The first kappa shape index (κ1) is 22.5. The molecular weight excluding hydrogens is 458 g/mol. The molecule has 9 heteroatoms. The Kier molecular flexibility index (Phi) is 6.47. The van der Waals surface area contributed by atoms with E-state index in [1.165, 1.54) is 16.8 Å². The Morgan fingerprint density at radius 1 is 1.12 bits per heavy atom. The minimum atomic E-state index is -3.63. The van der Waals surface area contributed by atoms with Gasteiger partial charge in [0.1, 0.15) is 0 Å². The van der Waals surface area contributed by atoms with Crippen LogP contribution in [0.25, 0.3) is 10.2 Å². The maximum absolute atomic E-state index is 13.1. The van der Waals surface area contributed by atoms with Crippen LogP contribution in [0, 0.1) is 0 Å². The van der Waals surface area contributed by atoms with Crippen LogP contribution in [0.2, 0.25) is 0 Å². The number of hydrogen-bond donors (Lipinski definition) is 1. The van der Waals surface area contributed by atoms with Gasteiger partial charge in [0.15, 0.2) is 0 Å². The molecule has 3 heterocycles. The number of para-hydroxylation sites is 1. The van der Waals surface area contributed by atoms with Gasteiger partial charge in [-0.05, 0) is 62.1 Å². The van der Waals surface area contributed by atoms with Crippen LogP contribution in [0.15, 0.2) is 53.4 Å². The third-order valence-corrected chi connectivity index (χ3v) is 8.94. The second kappa shape index (κ2) is 9.50. The lowest BCUT2D eigenvalue weighted by Gasteiger charge is -2.32. The molecular formula is C24H27N3O4S2. The van der Waals surface area contributed by atoms with Crippen molar-refractivity contribution in [2.24, 2.45) is 0 Å². The molecule has 1 amide bonds. The standard InChI is InChI=1S/C24H27N3O4S2/c28-24(17-9-11-20(12-10-17)33(29,30)25-15-19-6-4-14-31-19)27-13-3-5-18(16-27)23-26-21-7-1-2-8-22(21)32-23/h1-2,7-12,18-19,25H,3-6,13-16H2/t18-,19-/m0/s1. The van der Waals surface area contributed by atoms with Crippen molar-refractivity contribution in [3.05, 3.63) is 59.1 Å². The van der Waals surface area contributed by atoms with Crippen LogP contribution in [-0.2, 0) is 14.8 Å². The molecule has 174 valence electrons. The van der Waals surface area contributed by atoms with Gasteiger partial charge in [-0.1, -0.05) is 12.1 Å². The summed E-state index contributed by atoms with van der Waals surface area (Å²) in [6.45, 7) is 2.27. The summed E-state index contributed by atoms with van der Waals surface area (Å²) < 4.78 is 34.4. The number of sulfonamides is 1. The number of thiazole rings is 1. The number of nitrogens with one attached hydrogen (secondary N) is 1. The molecule has 0 aliphatic carbocycles. The van der Waals surface area contributed by atoms with Gasteiger partial charge in [-0.2, -0.15) is 0 Å². The quantitative estimate of drug-likeness (QED) is 0.574. The largest absolute Gasteiger partial charge is 0.377 e. The second-order valence-corrected chi connectivity index (χ2v) is 11.5. The van der Waals surface area contributed by atoms with Gasteiger partial charge in [0.2, 0.25) is 10.0 Å². The van der Waals surface area contributed by atoms with Crippen molar-refractivity contribution < 1.29 is 17.9 Å². The van der Waals surface area contributed by atoms with Crippen LogP contribution in [0.4, 0.5) is 0 Å². The number of likely N-dealkylation sites (tertiary alicyclic amines) is 1. The van der Waals surface area contributed by atoms with Crippen LogP contribution >= 0.6 is 11.3 Å². The summed E-state index contributed by atoms with van der Waals surface area (Å²) >= 11 is 1.70. The number of amides is 1. The number of piperidine rings is 1. The Morgan fingerprint density at radius 2 is 1.94 bits per heavy atom. The predicted octanol–water partition coefficient (Wildman–Crippen LogP) is 3.77. The first-order valence-corrected chi connectivity index (χ1v) is 13.7. The smallest absolute Gasteiger partial charge is 0.253 e. The fraction of sp³-hybridized carbons (Fsp3) is 0.417. The van der Waals surface area contributed by atoms with E-state index in [0.29, 0.717) is 25.3 Å². The van der Waals surface area contributed by atoms with Crippen LogP contribution in [0.3, 0.4) is 0 Å². The lowest BCUT2D eigenvalue weighted by molar-refractivity contribution is 0.0707. The van der Waals surface area contributed by atoms with Gasteiger partial charge < -0.3 is 9.64 Å². The van der Waals surface area contributed by atoms with Crippen molar-refractivity contribution in [1.29, 1.82) is 0 Å². The van der Waals surface area contributed by atoms with Crippen LogP contribution in [-0.4, -0.2) is 56.6 Å². The first-order valence-electron chi connectivity index (χ1n) is 11.4. The Bertz CT molecular complexity index is 1200. The van der Waals surface area contributed by atoms with Gasteiger partial charge in [-0.15, -0.1) is 11.3 Å². The van der Waals surface area contributed by atoms with Crippen molar-refractivity contribution >= 4 is 37.5 Å². The number of hydrogen-bond acceptors (Lipinski definition) is 6. The number of ether oxygens (including phenoxy) is 1. The average molecular weight is 486 g/mol. The van der Waals surface area contributed by atoms with Gasteiger partial charge in [0.25, 0.3) is 5.91 Å². The lowest BCUT2D eigenvalue weighted by atomic mass is 9.98. The molecule has 2 fully saturated rings. The molecule has 0 saturated carbocycles. The zero-order valence-corrected chi connectivity index (χ0v) is 19.9. The topological polar surface area (TPSA) is 88.6 Å². The highest BCUT2D eigenvalue weighted by Gasteiger charge is 2.28. The van der Waals surface area contributed by atoms with E-state index in [1.807, 2.05) is 23.1 Å². The maximum Gasteiger partial charge on any atom is 0.253 e. The molecule has 0 spiro atoms. The van der Waals surface area contributed by atoms with E-state index in [0.717, 1.165) is 36.2 Å². The number of rotatable bonds is 6. The van der Waals surface area contributed by atoms with E-state index in [4.69, 9.17) is 9.72 Å². The van der Waals surface area contributed by atoms with Crippen LogP contribution in [0.5, 0.6) is 0 Å². The summed E-state index contributed by atoms with van der Waals surface area (Å²) in [5, 5.41) is 1.08. The molecule has 0 unspecified atom stereocenters. The molecule has 5 rings (SSSR count). The highest BCUT2D eigenvalue weighted by molar-refractivity contribution is 7.89. The number of carbonyl (C=O) groups is 1. The number of fused-ring (bicyclic) bond motifs is 1. The van der Waals surface area contributed by atoms with E-state index in [2.05, 4.69) is 10.8 Å². The predicted molar refractivity (Wildman–Crippen MR) is 128 cm³/mol. The van der Waals surface area contributed by atoms with Crippen LogP contribution < -0.4 is 4.72 Å². The summed E-state index contributed by atoms with van der Waals surface area (Å²) in [5.74, 6) is 0.152. The van der Waals surface area contributed by atoms with Gasteiger partial charge in [0, 0.05) is 37.7 Å². The van der Waals surface area contributed by atoms with Crippen molar-refractivity contribution in [2.45, 2.75) is 42.6 Å². The average Bonchev–Trinajstić information content (AvgIpc) is 3.52. The Hall–Kier alpha value is -2.33. The first-order chi connectivity index (χ1) is 16.0. The second-order valence-electron chi connectivity index (χ2n) is 8.62. The van der Waals surface area contributed by atoms with E-state index in [-0.39, 0.29) is 29.4 Å². The molecule has 2 atom stereocenters. The van der Waals surface area contributed by atoms with E-state index < -0.39 is 10.0 Å². The zero-order chi connectivity index (χ0) is 22.8. The van der Waals surface area contributed by atoms with Gasteiger partial charge in [0.05, 0.1) is 26.2 Å². The molecule has 0 radical (unpaired) electrons. The molecule has 0 bridgehead atoms. The minimum Gasteiger partial charge on any atom is -0.377 e. The van der Waals surface area contributed by atoms with E-state index in [1.54, 1.807) is 23.5 Å². The summed E-state index contributed by atoms with van der Waals surface area (Å²) in [6.07, 6.45) is 3.69. The molecule has 2 saturated heterocycles. The van der Waals surface area contributed by atoms with Crippen molar-refractivity contribution in [2.75, 3.05) is 26.2 Å². The molecule has 1 N–H and O–H groups in total. The summed E-state index contributed by atoms with van der Waals surface area (Å²) in [6, 6.07) is 14.3. The summed E-state index contributed by atoms with van der Waals surface area (Å²) in [5.41, 5.74) is 1.50. The Morgan fingerprint density at radius 3 is 2.70 bits per heavy atom. The lowest BCUT2D eigenvalue weighted by Crippen LogP contribution is -2.39. The Balaban J connectivity index is 1.25. The summed E-state index contributed by atoms with van der Waals surface area (Å²) in [4.78, 5) is 19.9. The monoisotopic (exact) mass is 485 g/mol. The van der Waals surface area contributed by atoms with Crippen molar-refractivity contribution in [3.8, 4) is 0 Å². The zero-order valence-electron chi connectivity index (χ0n) is 18.3. The number of carbonyl (C=O) groups excluding carboxylic acids is 1. The van der Waals surface area contributed by atoms with Gasteiger partial charge in [-0.3, -0.25) is 4.79 Å². The number of aromatic nitrogens is 1. The van der Waals surface area contributed by atoms with Gasteiger partial charge >= 0.3 is 0 Å². The Labute approximate surface area is 197 Å². The molecule has 3 aromatic rings.